The minimum absolute atomic E-state index is 0.00962. The number of anilines is 1. The highest BCUT2D eigenvalue weighted by molar-refractivity contribution is 5.70. The summed E-state index contributed by atoms with van der Waals surface area (Å²) in [5.74, 6) is -1.17. The molecule has 2 N–H and O–H groups in total. The van der Waals surface area contributed by atoms with Crippen molar-refractivity contribution in [1.82, 2.24) is 0 Å². The summed E-state index contributed by atoms with van der Waals surface area (Å²) in [6, 6.07) is 6.06. The van der Waals surface area contributed by atoms with E-state index < -0.39 is 10.9 Å². The zero-order chi connectivity index (χ0) is 14.7. The Kier molecular flexibility index (Phi) is 3.84. The second-order valence-corrected chi connectivity index (χ2v) is 4.79. The number of nitro groups is 1. The van der Waals surface area contributed by atoms with Crippen LogP contribution in [0.15, 0.2) is 18.2 Å². The van der Waals surface area contributed by atoms with Gasteiger partial charge in [-0.15, -0.1) is 0 Å². The molecule has 0 radical (unpaired) electrons. The van der Waals surface area contributed by atoms with Crippen molar-refractivity contribution >= 4 is 17.3 Å². The van der Waals surface area contributed by atoms with Crippen LogP contribution >= 0.6 is 0 Å². The molecule has 0 heterocycles. The van der Waals surface area contributed by atoms with E-state index in [4.69, 9.17) is 10.4 Å². The molecule has 0 aromatic heterocycles. The molecule has 1 aromatic carbocycles. The van der Waals surface area contributed by atoms with Crippen LogP contribution in [0.1, 0.15) is 24.8 Å². The zero-order valence-corrected chi connectivity index (χ0v) is 10.6. The van der Waals surface area contributed by atoms with Crippen molar-refractivity contribution in [3.05, 3.63) is 33.9 Å². The molecular weight excluding hydrogens is 262 g/mol. The molecule has 0 spiro atoms. The van der Waals surface area contributed by atoms with Crippen LogP contribution in [0.5, 0.6) is 0 Å². The van der Waals surface area contributed by atoms with E-state index in [0.717, 1.165) is 0 Å². The van der Waals surface area contributed by atoms with Crippen molar-refractivity contribution in [2.75, 3.05) is 5.32 Å². The molecule has 1 saturated carbocycles. The maximum Gasteiger partial charge on any atom is 0.306 e. The van der Waals surface area contributed by atoms with Gasteiger partial charge in [0.25, 0.3) is 5.69 Å². The van der Waals surface area contributed by atoms with Crippen LogP contribution < -0.4 is 5.32 Å². The van der Waals surface area contributed by atoms with Gasteiger partial charge in [0, 0.05) is 17.8 Å². The Hall–Kier alpha value is -2.62. The highest BCUT2D eigenvalue weighted by atomic mass is 16.6. The van der Waals surface area contributed by atoms with E-state index in [1.165, 1.54) is 12.1 Å². The number of hydrogen-bond acceptors (Lipinski definition) is 5. The SMILES string of the molecule is N#Cc1ccc(N[C@H]2CC[C@@H](C(=O)O)C2)cc1[N+](=O)[O-]. The van der Waals surface area contributed by atoms with Gasteiger partial charge in [-0.05, 0) is 31.4 Å². The van der Waals surface area contributed by atoms with Crippen LogP contribution in [0.25, 0.3) is 0 Å². The Morgan fingerprint density at radius 2 is 2.25 bits per heavy atom. The molecule has 20 heavy (non-hydrogen) atoms. The van der Waals surface area contributed by atoms with Crippen molar-refractivity contribution in [1.29, 1.82) is 5.26 Å². The number of benzene rings is 1. The monoisotopic (exact) mass is 275 g/mol. The lowest BCUT2D eigenvalue weighted by Crippen LogP contribution is -2.18. The van der Waals surface area contributed by atoms with Gasteiger partial charge in [-0.2, -0.15) is 5.26 Å². The van der Waals surface area contributed by atoms with Crippen LogP contribution in [0.2, 0.25) is 0 Å². The van der Waals surface area contributed by atoms with Gasteiger partial charge in [-0.1, -0.05) is 0 Å². The number of carbonyl (C=O) groups is 1. The fourth-order valence-electron chi connectivity index (χ4n) is 2.44. The first-order chi connectivity index (χ1) is 9.51. The molecule has 1 aliphatic carbocycles. The van der Waals surface area contributed by atoms with Crippen molar-refractivity contribution in [2.45, 2.75) is 25.3 Å². The number of nitrogens with one attached hydrogen (secondary N) is 1. The van der Waals surface area contributed by atoms with Crippen LogP contribution in [0.3, 0.4) is 0 Å². The molecule has 0 bridgehead atoms. The van der Waals surface area contributed by atoms with Gasteiger partial charge < -0.3 is 10.4 Å². The summed E-state index contributed by atoms with van der Waals surface area (Å²) >= 11 is 0. The van der Waals surface area contributed by atoms with E-state index in [1.54, 1.807) is 12.1 Å². The summed E-state index contributed by atoms with van der Waals surface area (Å²) < 4.78 is 0. The second-order valence-electron chi connectivity index (χ2n) is 4.79. The number of nitro benzene ring substituents is 1. The summed E-state index contributed by atoms with van der Waals surface area (Å²) in [5, 5.41) is 31.7. The number of carboxylic acids is 1. The number of nitrogens with zero attached hydrogens (tertiary/aromatic N) is 2. The molecule has 1 fully saturated rings. The molecule has 1 aromatic rings. The minimum Gasteiger partial charge on any atom is -0.481 e. The maximum atomic E-state index is 10.9. The molecule has 1 aliphatic rings. The Morgan fingerprint density at radius 1 is 1.50 bits per heavy atom. The summed E-state index contributed by atoms with van der Waals surface area (Å²) in [4.78, 5) is 21.1. The van der Waals surface area contributed by atoms with E-state index >= 15 is 0 Å². The molecule has 7 heteroatoms. The zero-order valence-electron chi connectivity index (χ0n) is 10.6. The molecule has 0 amide bonds. The summed E-state index contributed by atoms with van der Waals surface area (Å²) in [7, 11) is 0. The molecular formula is C13H13N3O4. The Bertz CT molecular complexity index is 594. The normalized spacial score (nSPS) is 21.1. The predicted octanol–water partition coefficient (Wildman–Crippen LogP) is 2.13. The lowest BCUT2D eigenvalue weighted by atomic mass is 10.1. The van der Waals surface area contributed by atoms with E-state index in [2.05, 4.69) is 5.32 Å². The number of hydrogen-bond donors (Lipinski definition) is 2. The first-order valence-corrected chi connectivity index (χ1v) is 6.19. The van der Waals surface area contributed by atoms with Crippen LogP contribution in [0, 0.1) is 27.4 Å². The highest BCUT2D eigenvalue weighted by Crippen LogP contribution is 2.30. The van der Waals surface area contributed by atoms with E-state index in [-0.39, 0.29) is 23.2 Å². The molecule has 104 valence electrons. The smallest absolute Gasteiger partial charge is 0.306 e. The number of aliphatic carboxylic acids is 1. The van der Waals surface area contributed by atoms with Crippen LogP contribution in [-0.4, -0.2) is 22.0 Å². The summed E-state index contributed by atoms with van der Waals surface area (Å²) in [6.45, 7) is 0. The highest BCUT2D eigenvalue weighted by Gasteiger charge is 2.29. The van der Waals surface area contributed by atoms with Gasteiger partial charge >= 0.3 is 5.97 Å². The Morgan fingerprint density at radius 3 is 2.80 bits per heavy atom. The van der Waals surface area contributed by atoms with Gasteiger partial charge in [0.15, 0.2) is 0 Å². The fourth-order valence-corrected chi connectivity index (χ4v) is 2.44. The lowest BCUT2D eigenvalue weighted by Gasteiger charge is -2.13. The van der Waals surface area contributed by atoms with Gasteiger partial charge in [-0.25, -0.2) is 0 Å². The predicted molar refractivity (Wildman–Crippen MR) is 70.2 cm³/mol. The van der Waals surface area contributed by atoms with E-state index in [1.807, 2.05) is 0 Å². The third kappa shape index (κ3) is 2.85. The molecule has 2 atom stereocenters. The van der Waals surface area contributed by atoms with Gasteiger partial charge in [-0.3, -0.25) is 14.9 Å². The lowest BCUT2D eigenvalue weighted by molar-refractivity contribution is -0.385. The fraction of sp³-hybridized carbons (Fsp3) is 0.385. The topological polar surface area (TPSA) is 116 Å². The summed E-state index contributed by atoms with van der Waals surface area (Å²) in [5.41, 5.74) is 0.299. The van der Waals surface area contributed by atoms with Crippen molar-refractivity contribution in [3.63, 3.8) is 0 Å². The van der Waals surface area contributed by atoms with Crippen molar-refractivity contribution < 1.29 is 14.8 Å². The third-order valence-corrected chi connectivity index (χ3v) is 3.47. The Balaban J connectivity index is 2.11. The first-order valence-electron chi connectivity index (χ1n) is 6.19. The number of carboxylic acid groups (broad SMARTS) is 1. The maximum absolute atomic E-state index is 10.9. The van der Waals surface area contributed by atoms with E-state index in [9.17, 15) is 14.9 Å². The minimum atomic E-state index is -0.805. The third-order valence-electron chi connectivity index (χ3n) is 3.47. The van der Waals surface area contributed by atoms with Gasteiger partial charge in [0.2, 0.25) is 0 Å². The molecule has 7 nitrogen and oxygen atoms in total. The number of nitriles is 1. The average molecular weight is 275 g/mol. The van der Waals surface area contributed by atoms with Crippen molar-refractivity contribution in [3.8, 4) is 6.07 Å². The molecule has 0 aliphatic heterocycles. The molecule has 2 rings (SSSR count). The molecule has 0 saturated heterocycles. The number of rotatable bonds is 4. The summed E-state index contributed by atoms with van der Waals surface area (Å²) in [6.07, 6.45) is 1.82. The second kappa shape index (κ2) is 5.57. The van der Waals surface area contributed by atoms with Crippen molar-refractivity contribution in [2.24, 2.45) is 5.92 Å². The average Bonchev–Trinajstić information content (AvgIpc) is 2.87. The standard InChI is InChI=1S/C13H13N3O4/c14-7-9-2-4-11(6-12(9)16(19)20)15-10-3-1-8(5-10)13(17)18/h2,4,6,8,10,15H,1,3,5H2,(H,17,18)/t8-,10+/m1/s1. The van der Waals surface area contributed by atoms with E-state index in [0.29, 0.717) is 24.9 Å². The quantitative estimate of drug-likeness (QED) is 0.642. The van der Waals surface area contributed by atoms with Gasteiger partial charge in [0.05, 0.1) is 10.8 Å². The van der Waals surface area contributed by atoms with Crippen LogP contribution in [0.4, 0.5) is 11.4 Å². The molecule has 0 unspecified atom stereocenters. The van der Waals surface area contributed by atoms with Crippen LogP contribution in [-0.2, 0) is 4.79 Å². The van der Waals surface area contributed by atoms with Gasteiger partial charge in [0.1, 0.15) is 11.6 Å². The largest absolute Gasteiger partial charge is 0.481 e. The Labute approximate surface area is 115 Å². The first kappa shape index (κ1) is 13.8.